The molecule has 0 aliphatic carbocycles. The molecule has 3 nitrogen and oxygen atoms in total. The topological polar surface area (TPSA) is 38.5 Å². The fraction of sp³-hybridized carbons (Fsp3) is 0.571. The Hall–Kier alpha value is -1.06. The minimum atomic E-state index is 0.295. The van der Waals surface area contributed by atoms with Gasteiger partial charge in [0.2, 0.25) is 0 Å². The molecule has 1 aliphatic heterocycles. The first-order valence-electron chi connectivity index (χ1n) is 6.37. The van der Waals surface area contributed by atoms with E-state index in [9.17, 15) is 0 Å². The molecule has 1 aliphatic rings. The molecule has 1 saturated heterocycles. The summed E-state index contributed by atoms with van der Waals surface area (Å²) in [6, 6.07) is 6.50. The number of nitrogens with zero attached hydrogens (tertiary/aromatic N) is 1. The van der Waals surface area contributed by atoms with Crippen LogP contribution in [0.25, 0.3) is 0 Å². The molecule has 1 fully saturated rings. The number of anilines is 1. The molecule has 3 heteroatoms. The molecule has 2 rings (SSSR count). The van der Waals surface area contributed by atoms with E-state index in [1.807, 2.05) is 0 Å². The molecule has 1 aromatic rings. The van der Waals surface area contributed by atoms with Gasteiger partial charge in [-0.1, -0.05) is 12.1 Å². The molecule has 1 unspecified atom stereocenters. The van der Waals surface area contributed by atoms with Crippen molar-refractivity contribution in [1.82, 2.24) is 0 Å². The molecular formula is C14H22N2O. The summed E-state index contributed by atoms with van der Waals surface area (Å²) in [7, 11) is 0. The van der Waals surface area contributed by atoms with Crippen LogP contribution >= 0.6 is 0 Å². The molecule has 0 aromatic heterocycles. The first-order chi connectivity index (χ1) is 8.20. The zero-order valence-corrected chi connectivity index (χ0v) is 10.8. The zero-order valence-electron chi connectivity index (χ0n) is 10.8. The van der Waals surface area contributed by atoms with E-state index in [1.54, 1.807) is 0 Å². The lowest BCUT2D eigenvalue weighted by Crippen LogP contribution is -2.31. The van der Waals surface area contributed by atoms with Gasteiger partial charge in [-0.25, -0.2) is 0 Å². The molecule has 17 heavy (non-hydrogen) atoms. The minimum Gasteiger partial charge on any atom is -0.377 e. The predicted molar refractivity (Wildman–Crippen MR) is 71.3 cm³/mol. The molecule has 0 amide bonds. The first-order valence-corrected chi connectivity index (χ1v) is 6.37. The lowest BCUT2D eigenvalue weighted by atomic mass is 10.1. The number of rotatable bonds is 2. The third kappa shape index (κ3) is 2.99. The van der Waals surface area contributed by atoms with Crippen molar-refractivity contribution in [3.8, 4) is 0 Å². The van der Waals surface area contributed by atoms with Crippen LogP contribution in [0.2, 0.25) is 0 Å². The fourth-order valence-corrected chi connectivity index (χ4v) is 2.35. The monoisotopic (exact) mass is 234 g/mol. The molecule has 0 spiro atoms. The van der Waals surface area contributed by atoms with E-state index in [-0.39, 0.29) is 0 Å². The molecule has 0 saturated carbocycles. The highest BCUT2D eigenvalue weighted by molar-refractivity contribution is 5.55. The van der Waals surface area contributed by atoms with Crippen LogP contribution in [0.4, 0.5) is 5.69 Å². The van der Waals surface area contributed by atoms with E-state index in [4.69, 9.17) is 10.5 Å². The van der Waals surface area contributed by atoms with Gasteiger partial charge >= 0.3 is 0 Å². The average Bonchev–Trinajstić information content (AvgIpc) is 2.54. The van der Waals surface area contributed by atoms with Crippen molar-refractivity contribution in [1.29, 1.82) is 0 Å². The molecule has 1 atom stereocenters. The van der Waals surface area contributed by atoms with Gasteiger partial charge in [-0.2, -0.15) is 0 Å². The lowest BCUT2D eigenvalue weighted by molar-refractivity contribution is 0.0821. The number of benzene rings is 1. The molecule has 0 radical (unpaired) electrons. The molecule has 2 N–H and O–H groups in total. The van der Waals surface area contributed by atoms with E-state index in [0.717, 1.165) is 26.1 Å². The van der Waals surface area contributed by atoms with Crippen LogP contribution in [0.5, 0.6) is 0 Å². The minimum absolute atomic E-state index is 0.295. The Bertz CT molecular complexity index is 378. The summed E-state index contributed by atoms with van der Waals surface area (Å²) in [4.78, 5) is 2.41. The fourth-order valence-electron chi connectivity index (χ4n) is 2.35. The van der Waals surface area contributed by atoms with Crippen molar-refractivity contribution in [3.05, 3.63) is 29.3 Å². The Labute approximate surface area is 104 Å². The van der Waals surface area contributed by atoms with E-state index < -0.39 is 0 Å². The number of nitrogens with two attached hydrogens (primary N) is 1. The standard InChI is InChI=1S/C14H22N2O/c1-11-4-5-13(9-15)14(8-11)16-6-3-7-17-12(2)10-16/h4-5,8,12H,3,6-7,9-10,15H2,1-2H3. The van der Waals surface area contributed by atoms with Crippen molar-refractivity contribution in [2.75, 3.05) is 24.6 Å². The van der Waals surface area contributed by atoms with E-state index in [2.05, 4.69) is 36.9 Å². The van der Waals surface area contributed by atoms with Crippen LogP contribution in [0.15, 0.2) is 18.2 Å². The summed E-state index contributed by atoms with van der Waals surface area (Å²) < 4.78 is 5.69. The largest absolute Gasteiger partial charge is 0.377 e. The van der Waals surface area contributed by atoms with E-state index >= 15 is 0 Å². The van der Waals surface area contributed by atoms with Crippen LogP contribution < -0.4 is 10.6 Å². The highest BCUT2D eigenvalue weighted by Crippen LogP contribution is 2.24. The SMILES string of the molecule is Cc1ccc(CN)c(N2CCCOC(C)C2)c1. The summed E-state index contributed by atoms with van der Waals surface area (Å²) in [5.41, 5.74) is 9.62. The Morgan fingerprint density at radius 3 is 3.06 bits per heavy atom. The van der Waals surface area contributed by atoms with Crippen molar-refractivity contribution >= 4 is 5.69 Å². The number of hydrogen-bond acceptors (Lipinski definition) is 3. The third-order valence-corrected chi connectivity index (χ3v) is 3.25. The Kier molecular flexibility index (Phi) is 4.02. The molecular weight excluding hydrogens is 212 g/mol. The third-order valence-electron chi connectivity index (χ3n) is 3.25. The lowest BCUT2D eigenvalue weighted by Gasteiger charge is -2.27. The summed E-state index contributed by atoms with van der Waals surface area (Å²) in [5, 5.41) is 0. The van der Waals surface area contributed by atoms with Gasteiger partial charge in [0.25, 0.3) is 0 Å². The van der Waals surface area contributed by atoms with Crippen molar-refractivity contribution in [3.63, 3.8) is 0 Å². The number of hydrogen-bond donors (Lipinski definition) is 1. The van der Waals surface area contributed by atoms with Crippen LogP contribution in [0.1, 0.15) is 24.5 Å². The van der Waals surface area contributed by atoms with E-state index in [1.165, 1.54) is 16.8 Å². The summed E-state index contributed by atoms with van der Waals surface area (Å²) in [5.74, 6) is 0. The molecule has 94 valence electrons. The quantitative estimate of drug-likeness (QED) is 0.851. The number of ether oxygens (including phenoxy) is 1. The summed E-state index contributed by atoms with van der Waals surface area (Å²) >= 11 is 0. The molecule has 1 heterocycles. The maximum Gasteiger partial charge on any atom is 0.0721 e. The van der Waals surface area contributed by atoms with Gasteiger partial charge in [0.15, 0.2) is 0 Å². The second-order valence-corrected chi connectivity index (χ2v) is 4.82. The van der Waals surface area contributed by atoms with Crippen molar-refractivity contribution in [2.45, 2.75) is 32.9 Å². The van der Waals surface area contributed by atoms with Gasteiger partial charge in [0, 0.05) is 31.9 Å². The highest BCUT2D eigenvalue weighted by atomic mass is 16.5. The van der Waals surface area contributed by atoms with Gasteiger partial charge in [0.1, 0.15) is 0 Å². The maximum atomic E-state index is 5.82. The highest BCUT2D eigenvalue weighted by Gasteiger charge is 2.17. The predicted octanol–water partition coefficient (Wildman–Crippen LogP) is 2.07. The van der Waals surface area contributed by atoms with Gasteiger partial charge in [-0.05, 0) is 37.5 Å². The molecule has 1 aromatic carbocycles. The average molecular weight is 234 g/mol. The Morgan fingerprint density at radius 1 is 1.47 bits per heavy atom. The zero-order chi connectivity index (χ0) is 12.3. The van der Waals surface area contributed by atoms with Crippen LogP contribution in [-0.4, -0.2) is 25.8 Å². The normalized spacial score (nSPS) is 21.4. The maximum absolute atomic E-state index is 5.82. The van der Waals surface area contributed by atoms with Crippen molar-refractivity contribution < 1.29 is 4.74 Å². The molecule has 0 bridgehead atoms. The second-order valence-electron chi connectivity index (χ2n) is 4.82. The van der Waals surface area contributed by atoms with Crippen LogP contribution in [0, 0.1) is 6.92 Å². The summed E-state index contributed by atoms with van der Waals surface area (Å²) in [6.45, 7) is 7.73. The Balaban J connectivity index is 2.27. The van der Waals surface area contributed by atoms with Crippen LogP contribution in [0.3, 0.4) is 0 Å². The number of aryl methyl sites for hydroxylation is 1. The van der Waals surface area contributed by atoms with Crippen LogP contribution in [-0.2, 0) is 11.3 Å². The van der Waals surface area contributed by atoms with Gasteiger partial charge in [-0.3, -0.25) is 0 Å². The van der Waals surface area contributed by atoms with Gasteiger partial charge in [-0.15, -0.1) is 0 Å². The van der Waals surface area contributed by atoms with E-state index in [0.29, 0.717) is 12.6 Å². The van der Waals surface area contributed by atoms with Gasteiger partial charge < -0.3 is 15.4 Å². The first kappa shape index (κ1) is 12.4. The summed E-state index contributed by atoms with van der Waals surface area (Å²) in [6.07, 6.45) is 1.38. The second kappa shape index (κ2) is 5.52. The smallest absolute Gasteiger partial charge is 0.0721 e. The van der Waals surface area contributed by atoms with Gasteiger partial charge in [0.05, 0.1) is 6.10 Å². The Morgan fingerprint density at radius 2 is 2.29 bits per heavy atom. The van der Waals surface area contributed by atoms with Crippen molar-refractivity contribution in [2.24, 2.45) is 5.73 Å².